The molecule has 1 aliphatic rings. The summed E-state index contributed by atoms with van der Waals surface area (Å²) in [6.45, 7) is 0.281. The topological polar surface area (TPSA) is 86.2 Å². The lowest BCUT2D eigenvalue weighted by Gasteiger charge is -2.15. The highest BCUT2D eigenvalue weighted by atomic mass is 35.5. The van der Waals surface area contributed by atoms with Crippen molar-refractivity contribution in [2.75, 3.05) is 13.2 Å². The number of ether oxygens (including phenoxy) is 1. The van der Waals surface area contributed by atoms with Gasteiger partial charge in [-0.25, -0.2) is 5.43 Å². The normalized spacial score (nSPS) is 21.2. The van der Waals surface area contributed by atoms with Gasteiger partial charge in [0.2, 0.25) is 0 Å². The van der Waals surface area contributed by atoms with Gasteiger partial charge in [0.05, 0.1) is 17.0 Å². The Morgan fingerprint density at radius 3 is 3.05 bits per heavy atom. The Labute approximate surface area is 126 Å². The second-order valence-corrected chi connectivity index (χ2v) is 5.01. The van der Waals surface area contributed by atoms with E-state index in [0.29, 0.717) is 22.3 Å². The first kappa shape index (κ1) is 14.9. The van der Waals surface area contributed by atoms with Crippen molar-refractivity contribution in [2.24, 2.45) is 5.92 Å². The highest BCUT2D eigenvalue weighted by Gasteiger charge is 2.27. The van der Waals surface area contributed by atoms with Crippen LogP contribution in [0.1, 0.15) is 0 Å². The molecule has 2 unspecified atom stereocenters. The third-order valence-corrected chi connectivity index (χ3v) is 3.25. The highest BCUT2D eigenvalue weighted by molar-refractivity contribution is 6.35. The van der Waals surface area contributed by atoms with Gasteiger partial charge in [-0.3, -0.25) is 10.2 Å². The van der Waals surface area contributed by atoms with Crippen molar-refractivity contribution in [3.05, 3.63) is 28.2 Å². The van der Waals surface area contributed by atoms with Gasteiger partial charge in [0.15, 0.2) is 6.61 Å². The van der Waals surface area contributed by atoms with Gasteiger partial charge in [0, 0.05) is 11.6 Å². The number of rotatable bonds is 4. The van der Waals surface area contributed by atoms with Crippen molar-refractivity contribution in [3.63, 3.8) is 0 Å². The Bertz CT molecular complexity index is 547. The SMILES string of the molecule is N#CC1CNNC1NC(=O)COc1ccc(Cl)cc1Cl. The van der Waals surface area contributed by atoms with Crippen LogP contribution in [-0.2, 0) is 4.79 Å². The van der Waals surface area contributed by atoms with Crippen LogP contribution in [0.3, 0.4) is 0 Å². The molecule has 0 bridgehead atoms. The van der Waals surface area contributed by atoms with Crippen LogP contribution in [0.5, 0.6) is 5.75 Å². The zero-order chi connectivity index (χ0) is 14.5. The van der Waals surface area contributed by atoms with E-state index in [9.17, 15) is 4.79 Å². The largest absolute Gasteiger partial charge is 0.482 e. The molecule has 1 fully saturated rings. The van der Waals surface area contributed by atoms with Crippen molar-refractivity contribution in [1.29, 1.82) is 5.26 Å². The standard InChI is InChI=1S/C12H12Cl2N4O2/c13-8-1-2-10(9(14)3-8)20-6-11(19)17-12-7(4-15)5-16-18-12/h1-3,7,12,16,18H,5-6H2,(H,17,19). The average Bonchev–Trinajstić information content (AvgIpc) is 2.85. The molecule has 106 valence electrons. The van der Waals surface area contributed by atoms with Crippen LogP contribution in [0.25, 0.3) is 0 Å². The lowest BCUT2D eigenvalue weighted by molar-refractivity contribution is -0.124. The Balaban J connectivity index is 1.85. The van der Waals surface area contributed by atoms with Gasteiger partial charge in [-0.1, -0.05) is 23.2 Å². The molecule has 3 N–H and O–H groups in total. The summed E-state index contributed by atoms with van der Waals surface area (Å²) < 4.78 is 5.30. The van der Waals surface area contributed by atoms with Crippen LogP contribution < -0.4 is 20.9 Å². The molecular formula is C12H12Cl2N4O2. The summed E-state index contributed by atoms with van der Waals surface area (Å²) in [6.07, 6.45) is -0.434. The molecule has 1 aromatic rings. The number of nitriles is 1. The monoisotopic (exact) mass is 314 g/mol. The number of hydrogen-bond acceptors (Lipinski definition) is 5. The third kappa shape index (κ3) is 3.74. The summed E-state index contributed by atoms with van der Waals surface area (Å²) >= 11 is 11.7. The summed E-state index contributed by atoms with van der Waals surface area (Å²) in [5.74, 6) is -0.295. The van der Waals surface area contributed by atoms with E-state index in [1.807, 2.05) is 0 Å². The average molecular weight is 315 g/mol. The summed E-state index contributed by atoms with van der Waals surface area (Å²) in [5.41, 5.74) is 5.61. The first-order valence-corrected chi connectivity index (χ1v) is 6.61. The smallest absolute Gasteiger partial charge is 0.259 e. The van der Waals surface area contributed by atoms with Crippen LogP contribution in [0.2, 0.25) is 10.0 Å². The van der Waals surface area contributed by atoms with Crippen LogP contribution >= 0.6 is 23.2 Å². The molecule has 20 heavy (non-hydrogen) atoms. The van der Waals surface area contributed by atoms with Crippen molar-refractivity contribution in [2.45, 2.75) is 6.17 Å². The maximum absolute atomic E-state index is 11.7. The minimum atomic E-state index is -0.434. The zero-order valence-electron chi connectivity index (χ0n) is 10.3. The number of hydrazine groups is 1. The quantitative estimate of drug-likeness (QED) is 0.773. The van der Waals surface area contributed by atoms with Crippen LogP contribution in [0.15, 0.2) is 18.2 Å². The number of carbonyl (C=O) groups excluding carboxylic acids is 1. The molecule has 8 heteroatoms. The Kier molecular flexibility index (Phi) is 5.04. The van der Waals surface area contributed by atoms with Crippen LogP contribution in [-0.4, -0.2) is 25.2 Å². The van der Waals surface area contributed by atoms with E-state index in [1.54, 1.807) is 12.1 Å². The maximum Gasteiger partial charge on any atom is 0.259 e. The second-order valence-electron chi connectivity index (χ2n) is 4.17. The zero-order valence-corrected chi connectivity index (χ0v) is 11.8. The summed E-state index contributed by atoms with van der Waals surface area (Å²) in [6, 6.07) is 6.83. The minimum Gasteiger partial charge on any atom is -0.482 e. The van der Waals surface area contributed by atoms with Crippen molar-refractivity contribution in [3.8, 4) is 11.8 Å². The molecule has 0 spiro atoms. The molecule has 1 heterocycles. The minimum absolute atomic E-state index is 0.197. The van der Waals surface area contributed by atoms with E-state index in [4.69, 9.17) is 33.2 Å². The predicted octanol–water partition coefficient (Wildman–Crippen LogP) is 1.06. The number of nitrogens with one attached hydrogen (secondary N) is 3. The first-order valence-electron chi connectivity index (χ1n) is 5.85. The lowest BCUT2D eigenvalue weighted by Crippen LogP contribution is -2.48. The van der Waals surface area contributed by atoms with Crippen molar-refractivity contribution >= 4 is 29.1 Å². The number of benzene rings is 1. The van der Waals surface area contributed by atoms with Gasteiger partial charge in [-0.15, -0.1) is 0 Å². The van der Waals surface area contributed by atoms with Crippen LogP contribution in [0.4, 0.5) is 0 Å². The molecular weight excluding hydrogens is 303 g/mol. The van der Waals surface area contributed by atoms with Gasteiger partial charge in [-0.2, -0.15) is 5.26 Å². The molecule has 1 saturated heterocycles. The highest BCUT2D eigenvalue weighted by Crippen LogP contribution is 2.27. The van der Waals surface area contributed by atoms with E-state index in [-0.39, 0.29) is 18.4 Å². The second kappa shape index (κ2) is 6.77. The molecule has 1 amide bonds. The van der Waals surface area contributed by atoms with Gasteiger partial charge < -0.3 is 10.1 Å². The first-order chi connectivity index (χ1) is 9.60. The van der Waals surface area contributed by atoms with Crippen molar-refractivity contribution < 1.29 is 9.53 Å². The Morgan fingerprint density at radius 1 is 1.55 bits per heavy atom. The fraction of sp³-hybridized carbons (Fsp3) is 0.333. The Hall–Kier alpha value is -1.52. The fourth-order valence-corrected chi connectivity index (χ4v) is 2.17. The molecule has 0 saturated carbocycles. The molecule has 0 aromatic heterocycles. The number of amides is 1. The predicted molar refractivity (Wildman–Crippen MR) is 74.1 cm³/mol. The molecule has 2 rings (SSSR count). The molecule has 1 aromatic carbocycles. The lowest BCUT2D eigenvalue weighted by atomic mass is 10.1. The summed E-state index contributed by atoms with van der Waals surface area (Å²) in [7, 11) is 0. The van der Waals surface area contributed by atoms with E-state index in [1.165, 1.54) is 6.07 Å². The van der Waals surface area contributed by atoms with Gasteiger partial charge in [0.1, 0.15) is 11.9 Å². The fourth-order valence-electron chi connectivity index (χ4n) is 1.70. The van der Waals surface area contributed by atoms with Gasteiger partial charge in [0.25, 0.3) is 5.91 Å². The summed E-state index contributed by atoms with van der Waals surface area (Å²) in [5, 5.41) is 12.4. The summed E-state index contributed by atoms with van der Waals surface area (Å²) in [4.78, 5) is 11.7. The third-order valence-electron chi connectivity index (χ3n) is 2.72. The van der Waals surface area contributed by atoms with E-state index in [0.717, 1.165) is 0 Å². The maximum atomic E-state index is 11.7. The molecule has 0 aliphatic carbocycles. The molecule has 0 radical (unpaired) electrons. The van der Waals surface area contributed by atoms with E-state index in [2.05, 4.69) is 22.2 Å². The van der Waals surface area contributed by atoms with Gasteiger partial charge >= 0.3 is 0 Å². The number of hydrogen-bond donors (Lipinski definition) is 3. The Morgan fingerprint density at radius 2 is 2.35 bits per heavy atom. The van der Waals surface area contributed by atoms with Crippen molar-refractivity contribution in [1.82, 2.24) is 16.2 Å². The molecule has 2 atom stereocenters. The molecule has 1 aliphatic heterocycles. The van der Waals surface area contributed by atoms with E-state index < -0.39 is 6.17 Å². The number of nitrogens with zero attached hydrogens (tertiary/aromatic N) is 1. The van der Waals surface area contributed by atoms with E-state index >= 15 is 0 Å². The van der Waals surface area contributed by atoms with Crippen LogP contribution in [0, 0.1) is 17.2 Å². The molecule has 6 nitrogen and oxygen atoms in total. The number of carbonyl (C=O) groups is 1. The number of halogens is 2. The van der Waals surface area contributed by atoms with Gasteiger partial charge in [-0.05, 0) is 18.2 Å².